The van der Waals surface area contributed by atoms with Crippen LogP contribution >= 0.6 is 23.8 Å². The lowest BCUT2D eigenvalue weighted by atomic mass is 10.2. The largest absolute Gasteiger partial charge is 0.471 e. The molecule has 0 aliphatic carbocycles. The Labute approximate surface area is 105 Å². The van der Waals surface area contributed by atoms with Crippen LogP contribution in [0.5, 0.6) is 0 Å². The molecule has 0 aliphatic rings. The molecule has 0 aromatic heterocycles. The van der Waals surface area contributed by atoms with E-state index in [-0.39, 0.29) is 21.3 Å². The fraction of sp³-hybridized carbons (Fsp3) is 0.111. The first kappa shape index (κ1) is 13.7. The van der Waals surface area contributed by atoms with E-state index in [1.807, 2.05) is 0 Å². The van der Waals surface area contributed by atoms with Gasteiger partial charge in [0, 0.05) is 11.3 Å². The van der Waals surface area contributed by atoms with Crippen LogP contribution in [0.25, 0.3) is 0 Å². The van der Waals surface area contributed by atoms with Crippen LogP contribution in [0.15, 0.2) is 18.2 Å². The van der Waals surface area contributed by atoms with E-state index in [4.69, 9.17) is 17.3 Å². The third kappa shape index (κ3) is 3.57. The Morgan fingerprint density at radius 2 is 2.00 bits per heavy atom. The summed E-state index contributed by atoms with van der Waals surface area (Å²) in [6, 6.07) is 3.68. The maximum absolute atomic E-state index is 12.0. The molecule has 0 aliphatic heterocycles. The number of hydrogen-bond acceptors (Lipinski definition) is 2. The van der Waals surface area contributed by atoms with E-state index in [0.717, 1.165) is 0 Å². The fourth-order valence-corrected chi connectivity index (χ4v) is 1.44. The summed E-state index contributed by atoms with van der Waals surface area (Å²) in [7, 11) is 0. The molecular formula is C9H6ClF3N2OS. The molecule has 8 heteroatoms. The van der Waals surface area contributed by atoms with Crippen LogP contribution < -0.4 is 11.1 Å². The monoisotopic (exact) mass is 282 g/mol. The Morgan fingerprint density at radius 3 is 2.47 bits per heavy atom. The highest BCUT2D eigenvalue weighted by Crippen LogP contribution is 2.23. The maximum atomic E-state index is 12.0. The molecule has 0 spiro atoms. The van der Waals surface area contributed by atoms with Gasteiger partial charge in [0.05, 0.1) is 5.02 Å². The van der Waals surface area contributed by atoms with Crippen LogP contribution in [-0.2, 0) is 4.79 Å². The van der Waals surface area contributed by atoms with Crippen LogP contribution in [0.4, 0.5) is 18.9 Å². The topological polar surface area (TPSA) is 55.1 Å². The zero-order chi connectivity index (χ0) is 13.2. The first-order valence-electron chi connectivity index (χ1n) is 4.19. The van der Waals surface area contributed by atoms with Gasteiger partial charge >= 0.3 is 12.1 Å². The number of halogens is 4. The number of benzene rings is 1. The lowest BCUT2D eigenvalue weighted by Crippen LogP contribution is -2.30. The van der Waals surface area contributed by atoms with Crippen LogP contribution in [0.3, 0.4) is 0 Å². The molecule has 92 valence electrons. The Hall–Kier alpha value is -1.34. The highest BCUT2D eigenvalue weighted by molar-refractivity contribution is 7.80. The van der Waals surface area contributed by atoms with Gasteiger partial charge in [0.1, 0.15) is 4.99 Å². The fourth-order valence-electron chi connectivity index (χ4n) is 0.994. The first-order chi connectivity index (χ1) is 7.71. The molecule has 3 nitrogen and oxygen atoms in total. The van der Waals surface area contributed by atoms with Crippen molar-refractivity contribution >= 4 is 40.4 Å². The van der Waals surface area contributed by atoms with Crippen LogP contribution in [0.2, 0.25) is 5.02 Å². The van der Waals surface area contributed by atoms with Gasteiger partial charge in [0.2, 0.25) is 0 Å². The van der Waals surface area contributed by atoms with E-state index in [1.54, 1.807) is 5.32 Å². The second kappa shape index (κ2) is 4.89. The van der Waals surface area contributed by atoms with E-state index in [1.165, 1.54) is 18.2 Å². The normalized spacial score (nSPS) is 11.1. The van der Waals surface area contributed by atoms with Crippen molar-refractivity contribution in [1.29, 1.82) is 0 Å². The van der Waals surface area contributed by atoms with Crippen molar-refractivity contribution in [1.82, 2.24) is 0 Å². The predicted molar refractivity (Wildman–Crippen MR) is 62.0 cm³/mol. The number of hydrogen-bond donors (Lipinski definition) is 2. The van der Waals surface area contributed by atoms with Crippen molar-refractivity contribution in [3.63, 3.8) is 0 Å². The van der Waals surface area contributed by atoms with Gasteiger partial charge in [-0.05, 0) is 18.2 Å². The average molecular weight is 283 g/mol. The highest BCUT2D eigenvalue weighted by Gasteiger charge is 2.38. The molecule has 0 atom stereocenters. The van der Waals surface area contributed by atoms with Gasteiger partial charge in [-0.15, -0.1) is 0 Å². The van der Waals surface area contributed by atoms with Crippen LogP contribution in [0, 0.1) is 0 Å². The van der Waals surface area contributed by atoms with Crippen molar-refractivity contribution in [2.24, 2.45) is 5.73 Å². The summed E-state index contributed by atoms with van der Waals surface area (Å²) in [6.07, 6.45) is -4.96. The molecule has 0 fully saturated rings. The summed E-state index contributed by atoms with van der Waals surface area (Å²) in [4.78, 5) is 10.6. The van der Waals surface area contributed by atoms with E-state index in [2.05, 4.69) is 12.2 Å². The van der Waals surface area contributed by atoms with E-state index in [9.17, 15) is 18.0 Å². The number of anilines is 1. The van der Waals surface area contributed by atoms with Crippen LogP contribution in [0.1, 0.15) is 5.56 Å². The smallest absolute Gasteiger partial charge is 0.389 e. The molecule has 17 heavy (non-hydrogen) atoms. The number of carbonyl (C=O) groups excluding carboxylic acids is 1. The number of alkyl halides is 3. The molecule has 3 N–H and O–H groups in total. The number of nitrogens with two attached hydrogens (primary N) is 1. The highest BCUT2D eigenvalue weighted by atomic mass is 35.5. The van der Waals surface area contributed by atoms with Gasteiger partial charge in [-0.3, -0.25) is 4.79 Å². The summed E-state index contributed by atoms with van der Waals surface area (Å²) >= 11 is 10.4. The SMILES string of the molecule is NC(=S)c1cc(NC(=O)C(F)(F)F)ccc1Cl. The third-order valence-corrected chi connectivity index (χ3v) is 2.30. The Balaban J connectivity index is 2.98. The van der Waals surface area contributed by atoms with Gasteiger partial charge in [0.25, 0.3) is 0 Å². The first-order valence-corrected chi connectivity index (χ1v) is 4.98. The summed E-state index contributed by atoms with van der Waals surface area (Å²) in [5, 5.41) is 1.86. The van der Waals surface area contributed by atoms with Gasteiger partial charge in [-0.2, -0.15) is 13.2 Å². The minimum absolute atomic E-state index is 0.0712. The van der Waals surface area contributed by atoms with E-state index < -0.39 is 12.1 Å². The maximum Gasteiger partial charge on any atom is 0.471 e. The number of carbonyl (C=O) groups is 1. The van der Waals surface area contributed by atoms with Crippen molar-refractivity contribution in [3.05, 3.63) is 28.8 Å². The zero-order valence-corrected chi connectivity index (χ0v) is 9.71. The molecular weight excluding hydrogens is 277 g/mol. The summed E-state index contributed by atoms with van der Waals surface area (Å²) in [5.41, 5.74) is 5.42. The van der Waals surface area contributed by atoms with Gasteiger partial charge < -0.3 is 11.1 Å². The number of thiocarbonyl (C=S) groups is 1. The van der Waals surface area contributed by atoms with Crippen molar-refractivity contribution in [2.75, 3.05) is 5.32 Å². The molecule has 1 aromatic rings. The number of nitrogens with one attached hydrogen (secondary N) is 1. The predicted octanol–water partition coefficient (Wildman–Crippen LogP) is 2.48. The lowest BCUT2D eigenvalue weighted by Gasteiger charge is -2.09. The van der Waals surface area contributed by atoms with Gasteiger partial charge in [0.15, 0.2) is 0 Å². The molecule has 1 rings (SSSR count). The average Bonchev–Trinajstić information content (AvgIpc) is 2.19. The summed E-state index contributed by atoms with van der Waals surface area (Å²) < 4.78 is 36.0. The number of amides is 1. The molecule has 0 radical (unpaired) electrons. The third-order valence-electron chi connectivity index (χ3n) is 1.75. The van der Waals surface area contributed by atoms with Crippen molar-refractivity contribution < 1.29 is 18.0 Å². The molecule has 1 aromatic carbocycles. The van der Waals surface area contributed by atoms with Gasteiger partial charge in [-0.25, -0.2) is 0 Å². The molecule has 0 unspecified atom stereocenters. The van der Waals surface area contributed by atoms with Gasteiger partial charge in [-0.1, -0.05) is 23.8 Å². The second-order valence-electron chi connectivity index (χ2n) is 3.01. The molecule has 1 amide bonds. The molecule has 0 saturated carbocycles. The van der Waals surface area contributed by atoms with E-state index >= 15 is 0 Å². The Bertz CT molecular complexity index is 476. The lowest BCUT2D eigenvalue weighted by molar-refractivity contribution is -0.167. The van der Waals surface area contributed by atoms with E-state index in [0.29, 0.717) is 0 Å². The standard InChI is InChI=1S/C9H6ClF3N2OS/c10-6-2-1-4(3-5(6)7(14)17)15-8(16)9(11,12)13/h1-3H,(H2,14,17)(H,15,16). The minimum atomic E-state index is -4.96. The summed E-state index contributed by atoms with van der Waals surface area (Å²) in [5.74, 6) is -2.08. The van der Waals surface area contributed by atoms with Crippen LogP contribution in [-0.4, -0.2) is 17.1 Å². The second-order valence-corrected chi connectivity index (χ2v) is 3.86. The number of rotatable bonds is 2. The molecule has 0 bridgehead atoms. The van der Waals surface area contributed by atoms with Crippen molar-refractivity contribution in [3.8, 4) is 0 Å². The quantitative estimate of drug-likeness (QED) is 0.820. The molecule has 0 saturated heterocycles. The van der Waals surface area contributed by atoms with Crippen molar-refractivity contribution in [2.45, 2.75) is 6.18 Å². The Morgan fingerprint density at radius 1 is 1.41 bits per heavy atom. The zero-order valence-electron chi connectivity index (χ0n) is 8.14. The Kier molecular flexibility index (Phi) is 3.94. The summed E-state index contributed by atoms with van der Waals surface area (Å²) in [6.45, 7) is 0. The minimum Gasteiger partial charge on any atom is -0.389 e. The molecule has 0 heterocycles.